The Morgan fingerprint density at radius 1 is 1.36 bits per heavy atom. The normalized spacial score (nSPS) is 18.3. The molecule has 14 heavy (non-hydrogen) atoms. The number of carboxylic acid groups (broad SMARTS) is 1. The van der Waals surface area contributed by atoms with Crippen LogP contribution >= 0.6 is 0 Å². The van der Waals surface area contributed by atoms with E-state index in [2.05, 4.69) is 0 Å². The predicted molar refractivity (Wildman–Crippen MR) is 44.9 cm³/mol. The van der Waals surface area contributed by atoms with Gasteiger partial charge in [-0.3, -0.25) is 0 Å². The van der Waals surface area contributed by atoms with Gasteiger partial charge in [0.15, 0.2) is 5.76 Å². The highest BCUT2D eigenvalue weighted by atomic mass is 16.7. The van der Waals surface area contributed by atoms with E-state index in [9.17, 15) is 4.79 Å². The SMILES string of the molecule is O=C(O)c1ccc(C2OCCCO2)o1. The molecule has 1 saturated heterocycles. The largest absolute Gasteiger partial charge is 0.475 e. The summed E-state index contributed by atoms with van der Waals surface area (Å²) < 4.78 is 15.5. The van der Waals surface area contributed by atoms with Gasteiger partial charge in [0.05, 0.1) is 13.2 Å². The maximum Gasteiger partial charge on any atom is 0.371 e. The van der Waals surface area contributed by atoms with Crippen molar-refractivity contribution in [2.24, 2.45) is 0 Å². The molecule has 0 amide bonds. The Hall–Kier alpha value is -1.33. The molecule has 0 radical (unpaired) electrons. The maximum atomic E-state index is 10.5. The molecule has 1 aliphatic heterocycles. The Labute approximate surface area is 80.2 Å². The molecule has 76 valence electrons. The van der Waals surface area contributed by atoms with Crippen LogP contribution in [0, 0.1) is 0 Å². The zero-order valence-corrected chi connectivity index (χ0v) is 7.43. The lowest BCUT2D eigenvalue weighted by Crippen LogP contribution is -2.17. The summed E-state index contributed by atoms with van der Waals surface area (Å²) in [5, 5.41) is 8.62. The van der Waals surface area contributed by atoms with E-state index in [0.29, 0.717) is 19.0 Å². The fourth-order valence-corrected chi connectivity index (χ4v) is 1.25. The van der Waals surface area contributed by atoms with E-state index in [4.69, 9.17) is 19.0 Å². The Bertz CT molecular complexity index is 324. The van der Waals surface area contributed by atoms with Crippen molar-refractivity contribution in [1.82, 2.24) is 0 Å². The van der Waals surface area contributed by atoms with Crippen molar-refractivity contribution in [3.63, 3.8) is 0 Å². The van der Waals surface area contributed by atoms with Crippen LogP contribution in [0.5, 0.6) is 0 Å². The number of hydrogen-bond donors (Lipinski definition) is 1. The molecule has 5 heteroatoms. The predicted octanol–water partition coefficient (Wildman–Crippen LogP) is 1.41. The smallest absolute Gasteiger partial charge is 0.371 e. The molecule has 0 atom stereocenters. The Morgan fingerprint density at radius 2 is 2.07 bits per heavy atom. The molecular weight excluding hydrogens is 188 g/mol. The number of hydrogen-bond acceptors (Lipinski definition) is 4. The third-order valence-electron chi connectivity index (χ3n) is 1.90. The van der Waals surface area contributed by atoms with Gasteiger partial charge in [-0.1, -0.05) is 0 Å². The van der Waals surface area contributed by atoms with Crippen LogP contribution in [0.25, 0.3) is 0 Å². The van der Waals surface area contributed by atoms with Crippen LogP contribution in [0.1, 0.15) is 29.0 Å². The average Bonchev–Trinajstić information content (AvgIpc) is 2.68. The molecule has 0 aliphatic carbocycles. The molecular formula is C9H10O5. The van der Waals surface area contributed by atoms with Crippen molar-refractivity contribution < 1.29 is 23.8 Å². The van der Waals surface area contributed by atoms with Crippen molar-refractivity contribution in [2.45, 2.75) is 12.7 Å². The second-order valence-corrected chi connectivity index (χ2v) is 2.93. The summed E-state index contributed by atoms with van der Waals surface area (Å²) in [6.07, 6.45) is 0.292. The highest BCUT2D eigenvalue weighted by Crippen LogP contribution is 2.24. The lowest BCUT2D eigenvalue weighted by Gasteiger charge is -2.20. The summed E-state index contributed by atoms with van der Waals surface area (Å²) in [7, 11) is 0. The standard InChI is InChI=1S/C9H10O5/c10-8(11)6-2-3-7(14-6)9-12-4-1-5-13-9/h2-3,9H,1,4-5H2,(H,10,11). The van der Waals surface area contributed by atoms with E-state index in [1.165, 1.54) is 6.07 Å². The van der Waals surface area contributed by atoms with Crippen LogP contribution in [-0.4, -0.2) is 24.3 Å². The lowest BCUT2D eigenvalue weighted by molar-refractivity contribution is -0.191. The minimum Gasteiger partial charge on any atom is -0.475 e. The second-order valence-electron chi connectivity index (χ2n) is 2.93. The van der Waals surface area contributed by atoms with Gasteiger partial charge >= 0.3 is 5.97 Å². The molecule has 2 rings (SSSR count). The molecule has 1 aliphatic rings. The van der Waals surface area contributed by atoms with Gasteiger partial charge in [-0.05, 0) is 18.6 Å². The molecule has 2 heterocycles. The van der Waals surface area contributed by atoms with Crippen molar-refractivity contribution in [1.29, 1.82) is 0 Å². The Balaban J connectivity index is 2.11. The first-order chi connectivity index (χ1) is 6.77. The molecule has 0 unspecified atom stereocenters. The van der Waals surface area contributed by atoms with Crippen LogP contribution < -0.4 is 0 Å². The van der Waals surface area contributed by atoms with Crippen molar-refractivity contribution in [2.75, 3.05) is 13.2 Å². The molecule has 1 N–H and O–H groups in total. The van der Waals surface area contributed by atoms with Crippen LogP contribution in [0.2, 0.25) is 0 Å². The van der Waals surface area contributed by atoms with Crippen molar-refractivity contribution in [3.05, 3.63) is 23.7 Å². The minimum absolute atomic E-state index is 0.0993. The quantitative estimate of drug-likeness (QED) is 0.778. The van der Waals surface area contributed by atoms with Gasteiger partial charge in [-0.15, -0.1) is 0 Å². The van der Waals surface area contributed by atoms with Gasteiger partial charge in [-0.25, -0.2) is 4.79 Å². The first-order valence-electron chi connectivity index (χ1n) is 4.33. The average molecular weight is 198 g/mol. The molecule has 0 spiro atoms. The van der Waals surface area contributed by atoms with E-state index in [0.717, 1.165) is 6.42 Å². The van der Waals surface area contributed by atoms with E-state index in [-0.39, 0.29) is 5.76 Å². The van der Waals surface area contributed by atoms with Gasteiger partial charge in [0.2, 0.25) is 12.1 Å². The molecule has 1 aromatic rings. The van der Waals surface area contributed by atoms with Crippen molar-refractivity contribution >= 4 is 5.97 Å². The monoisotopic (exact) mass is 198 g/mol. The first-order valence-corrected chi connectivity index (χ1v) is 4.33. The molecule has 0 bridgehead atoms. The van der Waals surface area contributed by atoms with Gasteiger partial charge in [0, 0.05) is 0 Å². The number of furan rings is 1. The Kier molecular flexibility index (Phi) is 2.51. The highest BCUT2D eigenvalue weighted by molar-refractivity contribution is 5.84. The number of aromatic carboxylic acids is 1. The maximum absolute atomic E-state index is 10.5. The van der Waals surface area contributed by atoms with Gasteiger partial charge in [0.1, 0.15) is 0 Å². The van der Waals surface area contributed by atoms with Gasteiger partial charge in [-0.2, -0.15) is 0 Å². The van der Waals surface area contributed by atoms with Crippen LogP contribution in [0.15, 0.2) is 16.5 Å². The van der Waals surface area contributed by atoms with E-state index < -0.39 is 12.3 Å². The van der Waals surface area contributed by atoms with Crippen molar-refractivity contribution in [3.8, 4) is 0 Å². The summed E-state index contributed by atoms with van der Waals surface area (Å²) in [6.45, 7) is 1.21. The van der Waals surface area contributed by atoms with Crippen LogP contribution in [0.4, 0.5) is 0 Å². The topological polar surface area (TPSA) is 68.9 Å². The number of rotatable bonds is 2. The van der Waals surface area contributed by atoms with Gasteiger partial charge in [0.25, 0.3) is 0 Å². The highest BCUT2D eigenvalue weighted by Gasteiger charge is 2.21. The zero-order chi connectivity index (χ0) is 9.97. The fraction of sp³-hybridized carbons (Fsp3) is 0.444. The molecule has 1 aromatic heterocycles. The zero-order valence-electron chi connectivity index (χ0n) is 7.43. The fourth-order valence-electron chi connectivity index (χ4n) is 1.25. The number of ether oxygens (including phenoxy) is 2. The summed E-state index contributed by atoms with van der Waals surface area (Å²) in [5.74, 6) is -0.785. The van der Waals surface area contributed by atoms with Gasteiger partial charge < -0.3 is 19.0 Å². The Morgan fingerprint density at radius 3 is 2.64 bits per heavy atom. The summed E-state index contributed by atoms with van der Waals surface area (Å²) in [4.78, 5) is 10.5. The third-order valence-corrected chi connectivity index (χ3v) is 1.90. The summed E-state index contributed by atoms with van der Waals surface area (Å²) in [5.41, 5.74) is 0. The second kappa shape index (κ2) is 3.81. The summed E-state index contributed by atoms with van der Waals surface area (Å²) in [6, 6.07) is 2.94. The molecule has 5 nitrogen and oxygen atoms in total. The minimum atomic E-state index is -1.09. The molecule has 0 saturated carbocycles. The van der Waals surface area contributed by atoms with E-state index >= 15 is 0 Å². The number of carbonyl (C=O) groups is 1. The summed E-state index contributed by atoms with van der Waals surface area (Å²) >= 11 is 0. The molecule has 0 aromatic carbocycles. The lowest BCUT2D eigenvalue weighted by atomic mass is 10.4. The van der Waals surface area contributed by atoms with E-state index in [1.807, 2.05) is 0 Å². The third kappa shape index (κ3) is 1.78. The van der Waals surface area contributed by atoms with Crippen LogP contribution in [0.3, 0.4) is 0 Å². The van der Waals surface area contributed by atoms with Crippen LogP contribution in [-0.2, 0) is 9.47 Å². The van der Waals surface area contributed by atoms with E-state index in [1.54, 1.807) is 6.07 Å². The molecule has 1 fully saturated rings. The first kappa shape index (κ1) is 9.23. The number of carboxylic acids is 1.